The number of anilines is 2. The lowest BCUT2D eigenvalue weighted by molar-refractivity contribution is -0.122. The monoisotopic (exact) mass is 390 g/mol. The number of benzene rings is 3. The van der Waals surface area contributed by atoms with Gasteiger partial charge in [-0.15, -0.1) is 0 Å². The van der Waals surface area contributed by atoms with Crippen molar-refractivity contribution in [3.8, 4) is 11.5 Å². The first-order valence-electron chi connectivity index (χ1n) is 9.13. The molecule has 0 saturated carbocycles. The number of para-hydroxylation sites is 1. The lowest BCUT2D eigenvalue weighted by Gasteiger charge is -2.15. The Kier molecular flexibility index (Phi) is 6.47. The van der Waals surface area contributed by atoms with Crippen LogP contribution in [0.15, 0.2) is 78.9 Å². The van der Waals surface area contributed by atoms with Crippen molar-refractivity contribution in [1.82, 2.24) is 0 Å². The molecular weight excluding hydrogens is 368 g/mol. The molecule has 0 aliphatic carbocycles. The summed E-state index contributed by atoms with van der Waals surface area (Å²) in [6.45, 7) is 1.67. The number of carbonyl (C=O) groups is 2. The molecule has 0 radical (unpaired) electrons. The molecule has 2 N–H and O–H groups in total. The summed E-state index contributed by atoms with van der Waals surface area (Å²) in [6, 6.07) is 22.9. The molecule has 3 aromatic carbocycles. The van der Waals surface area contributed by atoms with Crippen LogP contribution in [-0.4, -0.2) is 25.0 Å². The molecule has 0 bridgehead atoms. The van der Waals surface area contributed by atoms with Crippen molar-refractivity contribution in [3.63, 3.8) is 0 Å². The molecular formula is C23H22N2O4. The van der Waals surface area contributed by atoms with Crippen LogP contribution in [0.3, 0.4) is 0 Å². The second kappa shape index (κ2) is 9.41. The average molecular weight is 390 g/mol. The van der Waals surface area contributed by atoms with Gasteiger partial charge in [0, 0.05) is 16.9 Å². The fourth-order valence-electron chi connectivity index (χ4n) is 2.62. The van der Waals surface area contributed by atoms with Crippen molar-refractivity contribution in [3.05, 3.63) is 84.4 Å². The smallest absolute Gasteiger partial charge is 0.265 e. The molecule has 0 spiro atoms. The number of hydrogen-bond acceptors (Lipinski definition) is 4. The summed E-state index contributed by atoms with van der Waals surface area (Å²) in [6.07, 6.45) is -0.686. The van der Waals surface area contributed by atoms with Crippen molar-refractivity contribution in [1.29, 1.82) is 0 Å². The van der Waals surface area contributed by atoms with Gasteiger partial charge in [-0.2, -0.15) is 0 Å². The number of ether oxygens (including phenoxy) is 2. The molecule has 0 aliphatic rings. The molecule has 148 valence electrons. The van der Waals surface area contributed by atoms with E-state index in [9.17, 15) is 9.59 Å². The van der Waals surface area contributed by atoms with E-state index >= 15 is 0 Å². The summed E-state index contributed by atoms with van der Waals surface area (Å²) in [5.41, 5.74) is 1.59. The highest BCUT2D eigenvalue weighted by atomic mass is 16.5. The third-order valence-electron chi connectivity index (χ3n) is 4.17. The number of nitrogens with one attached hydrogen (secondary N) is 2. The van der Waals surface area contributed by atoms with E-state index in [-0.39, 0.29) is 11.8 Å². The van der Waals surface area contributed by atoms with E-state index in [0.29, 0.717) is 28.4 Å². The van der Waals surface area contributed by atoms with Gasteiger partial charge in [0.05, 0.1) is 7.11 Å². The van der Waals surface area contributed by atoms with Crippen LogP contribution in [0.4, 0.5) is 11.4 Å². The van der Waals surface area contributed by atoms with Crippen LogP contribution in [0.2, 0.25) is 0 Å². The van der Waals surface area contributed by atoms with Crippen molar-refractivity contribution in [2.24, 2.45) is 0 Å². The van der Waals surface area contributed by atoms with Gasteiger partial charge in [-0.1, -0.05) is 24.3 Å². The zero-order chi connectivity index (χ0) is 20.6. The van der Waals surface area contributed by atoms with Crippen LogP contribution in [0, 0.1) is 0 Å². The van der Waals surface area contributed by atoms with Crippen LogP contribution >= 0.6 is 0 Å². The lowest BCUT2D eigenvalue weighted by atomic mass is 10.1. The van der Waals surface area contributed by atoms with Crippen LogP contribution < -0.4 is 20.1 Å². The summed E-state index contributed by atoms with van der Waals surface area (Å²) in [4.78, 5) is 24.9. The van der Waals surface area contributed by atoms with Crippen molar-refractivity contribution in [2.75, 3.05) is 17.7 Å². The van der Waals surface area contributed by atoms with Crippen LogP contribution in [0.5, 0.6) is 11.5 Å². The maximum atomic E-state index is 12.5. The third-order valence-corrected chi connectivity index (χ3v) is 4.17. The van der Waals surface area contributed by atoms with Gasteiger partial charge < -0.3 is 20.1 Å². The van der Waals surface area contributed by atoms with Gasteiger partial charge in [0.25, 0.3) is 11.8 Å². The Morgan fingerprint density at radius 2 is 1.52 bits per heavy atom. The van der Waals surface area contributed by atoms with Gasteiger partial charge in [0.1, 0.15) is 11.5 Å². The summed E-state index contributed by atoms with van der Waals surface area (Å²) in [5, 5.41) is 5.59. The van der Waals surface area contributed by atoms with E-state index in [0.717, 1.165) is 0 Å². The quantitative estimate of drug-likeness (QED) is 0.629. The Morgan fingerprint density at radius 3 is 2.21 bits per heavy atom. The van der Waals surface area contributed by atoms with E-state index in [2.05, 4.69) is 10.6 Å². The number of rotatable bonds is 7. The molecule has 3 rings (SSSR count). The van der Waals surface area contributed by atoms with Crippen molar-refractivity contribution in [2.45, 2.75) is 13.0 Å². The second-order valence-corrected chi connectivity index (χ2v) is 6.33. The van der Waals surface area contributed by atoms with Gasteiger partial charge in [0.2, 0.25) is 0 Å². The van der Waals surface area contributed by atoms with Gasteiger partial charge in [-0.25, -0.2) is 0 Å². The van der Waals surface area contributed by atoms with Crippen LogP contribution in [-0.2, 0) is 4.79 Å². The number of carbonyl (C=O) groups excluding carboxylic acids is 2. The molecule has 0 fully saturated rings. The zero-order valence-electron chi connectivity index (χ0n) is 16.2. The fraction of sp³-hybridized carbons (Fsp3) is 0.130. The minimum Gasteiger partial charge on any atom is -0.497 e. The van der Waals surface area contributed by atoms with Crippen molar-refractivity contribution >= 4 is 23.2 Å². The Labute approximate surface area is 169 Å². The number of hydrogen-bond donors (Lipinski definition) is 2. The predicted octanol–water partition coefficient (Wildman–Crippen LogP) is 4.35. The van der Waals surface area contributed by atoms with E-state index < -0.39 is 6.10 Å². The highest BCUT2D eigenvalue weighted by Crippen LogP contribution is 2.18. The van der Waals surface area contributed by atoms with Crippen molar-refractivity contribution < 1.29 is 19.1 Å². The Bertz CT molecular complexity index is 972. The van der Waals surface area contributed by atoms with Gasteiger partial charge >= 0.3 is 0 Å². The maximum Gasteiger partial charge on any atom is 0.265 e. The molecule has 6 nitrogen and oxygen atoms in total. The van der Waals surface area contributed by atoms with Crippen LogP contribution in [0.1, 0.15) is 17.3 Å². The largest absolute Gasteiger partial charge is 0.497 e. The third kappa shape index (κ3) is 5.59. The van der Waals surface area contributed by atoms with Gasteiger partial charge in [-0.3, -0.25) is 9.59 Å². The average Bonchev–Trinajstić information content (AvgIpc) is 2.75. The summed E-state index contributed by atoms with van der Waals surface area (Å²) >= 11 is 0. The molecule has 0 aromatic heterocycles. The molecule has 29 heavy (non-hydrogen) atoms. The van der Waals surface area contributed by atoms with Gasteiger partial charge in [-0.05, 0) is 61.5 Å². The minimum atomic E-state index is -0.686. The van der Waals surface area contributed by atoms with E-state index in [1.165, 1.54) is 0 Å². The summed E-state index contributed by atoms with van der Waals surface area (Å²) in [5.74, 6) is 0.740. The Balaban J connectivity index is 1.62. The minimum absolute atomic E-state index is 0.278. The van der Waals surface area contributed by atoms with Gasteiger partial charge in [0.15, 0.2) is 6.10 Å². The fourth-order valence-corrected chi connectivity index (χ4v) is 2.62. The number of methoxy groups -OCH3 is 1. The Hall–Kier alpha value is -3.80. The molecule has 6 heteroatoms. The Morgan fingerprint density at radius 1 is 0.793 bits per heavy atom. The van der Waals surface area contributed by atoms with E-state index in [4.69, 9.17) is 9.47 Å². The first-order chi connectivity index (χ1) is 14.0. The zero-order valence-corrected chi connectivity index (χ0v) is 16.2. The maximum absolute atomic E-state index is 12.5. The number of amides is 2. The molecule has 3 aromatic rings. The first-order valence-corrected chi connectivity index (χ1v) is 9.13. The normalized spacial score (nSPS) is 11.2. The standard InChI is InChI=1S/C23H22N2O4/c1-16(29-21-9-4-3-5-10-21)22(26)25-19-8-6-7-17(15-19)23(27)24-18-11-13-20(28-2)14-12-18/h3-16H,1-2H3,(H,24,27)(H,25,26). The molecule has 1 atom stereocenters. The molecule has 0 aliphatic heterocycles. The summed E-state index contributed by atoms with van der Waals surface area (Å²) < 4.78 is 10.7. The molecule has 0 saturated heterocycles. The molecule has 0 heterocycles. The molecule has 2 amide bonds. The van der Waals surface area contributed by atoms with E-state index in [1.54, 1.807) is 74.7 Å². The highest BCUT2D eigenvalue weighted by molar-refractivity contribution is 6.05. The second-order valence-electron chi connectivity index (χ2n) is 6.33. The topological polar surface area (TPSA) is 76.7 Å². The van der Waals surface area contributed by atoms with E-state index in [1.807, 2.05) is 18.2 Å². The highest BCUT2D eigenvalue weighted by Gasteiger charge is 2.15. The van der Waals surface area contributed by atoms with Crippen LogP contribution in [0.25, 0.3) is 0 Å². The lowest BCUT2D eigenvalue weighted by Crippen LogP contribution is -2.30. The SMILES string of the molecule is COc1ccc(NC(=O)c2cccc(NC(=O)C(C)Oc3ccccc3)c2)cc1. The predicted molar refractivity (Wildman–Crippen MR) is 113 cm³/mol. The summed E-state index contributed by atoms with van der Waals surface area (Å²) in [7, 11) is 1.58. The molecule has 1 unspecified atom stereocenters. The first kappa shape index (κ1) is 19.9.